The van der Waals surface area contributed by atoms with Gasteiger partial charge in [-0.1, -0.05) is 19.4 Å². The molecule has 3 fully saturated rings. The quantitative estimate of drug-likeness (QED) is 0.676. The summed E-state index contributed by atoms with van der Waals surface area (Å²) in [6.07, 6.45) is 9.20. The number of ketones is 2. The van der Waals surface area contributed by atoms with E-state index in [1.165, 1.54) is 18.4 Å². The molecular weight excluding hydrogens is 260 g/mol. The van der Waals surface area contributed by atoms with Crippen LogP contribution >= 0.6 is 0 Å². The molecule has 0 radical (unpaired) electrons. The molecule has 0 bridgehead atoms. The maximum Gasteiger partial charge on any atom is 0.155 e. The van der Waals surface area contributed by atoms with Crippen molar-refractivity contribution in [2.75, 3.05) is 0 Å². The number of fused-ring (bicyclic) bond motifs is 5. The number of hydrogen-bond donors (Lipinski definition) is 0. The van der Waals surface area contributed by atoms with Crippen molar-refractivity contribution in [3.05, 3.63) is 11.6 Å². The summed E-state index contributed by atoms with van der Waals surface area (Å²) in [6.45, 7) is 4.54. The highest BCUT2D eigenvalue weighted by molar-refractivity contribution is 5.91. The normalized spacial score (nSPS) is 49.2. The summed E-state index contributed by atoms with van der Waals surface area (Å²) in [7, 11) is 0. The van der Waals surface area contributed by atoms with Crippen molar-refractivity contribution in [2.24, 2.45) is 35.0 Å². The van der Waals surface area contributed by atoms with Crippen LogP contribution in [0, 0.1) is 35.0 Å². The highest BCUT2D eigenvalue weighted by atomic mass is 16.1. The molecule has 0 aromatic carbocycles. The lowest BCUT2D eigenvalue weighted by Crippen LogP contribution is -2.48. The summed E-state index contributed by atoms with van der Waals surface area (Å²) in [5.41, 5.74) is 1.42. The fourth-order valence-corrected chi connectivity index (χ4v) is 6.27. The minimum atomic E-state index is -0.0212. The monoisotopic (exact) mass is 286 g/mol. The Morgan fingerprint density at radius 2 is 1.90 bits per heavy atom. The predicted molar refractivity (Wildman–Crippen MR) is 81.6 cm³/mol. The van der Waals surface area contributed by atoms with Gasteiger partial charge in [0, 0.05) is 18.3 Å². The van der Waals surface area contributed by atoms with Gasteiger partial charge in [-0.25, -0.2) is 0 Å². The molecule has 0 unspecified atom stereocenters. The summed E-state index contributed by atoms with van der Waals surface area (Å²) < 4.78 is 0. The van der Waals surface area contributed by atoms with E-state index in [1.54, 1.807) is 0 Å². The molecule has 4 rings (SSSR count). The van der Waals surface area contributed by atoms with Crippen LogP contribution in [0.4, 0.5) is 0 Å². The molecule has 0 saturated heterocycles. The molecule has 2 nitrogen and oxygen atoms in total. The molecule has 4 aliphatic carbocycles. The molecule has 4 aliphatic rings. The summed E-state index contributed by atoms with van der Waals surface area (Å²) in [5.74, 6) is 4.12. The van der Waals surface area contributed by atoms with Crippen LogP contribution in [-0.2, 0) is 9.59 Å². The van der Waals surface area contributed by atoms with Crippen molar-refractivity contribution in [1.29, 1.82) is 0 Å². The number of Topliss-reactive ketones (excluding diaryl/α,β-unsaturated/α-hetero) is 1. The van der Waals surface area contributed by atoms with Crippen molar-refractivity contribution >= 4 is 11.6 Å². The van der Waals surface area contributed by atoms with Gasteiger partial charge in [0.15, 0.2) is 5.78 Å². The van der Waals surface area contributed by atoms with Crippen LogP contribution in [-0.4, -0.2) is 11.6 Å². The fourth-order valence-electron chi connectivity index (χ4n) is 6.27. The average Bonchev–Trinajstić information content (AvgIpc) is 2.76. The zero-order valence-electron chi connectivity index (χ0n) is 13.2. The van der Waals surface area contributed by atoms with Crippen LogP contribution in [0.25, 0.3) is 0 Å². The van der Waals surface area contributed by atoms with E-state index >= 15 is 0 Å². The van der Waals surface area contributed by atoms with Gasteiger partial charge >= 0.3 is 0 Å². The SMILES string of the molecule is C[C@H]1C[C@@H]2[C@@H](CC[C@]3(C)C(=O)CC[C@@H]23)[C@H]2CCC(=O)C=C12. The molecule has 2 heteroatoms. The lowest BCUT2D eigenvalue weighted by atomic mass is 9.50. The Hall–Kier alpha value is -0.920. The number of carbonyl (C=O) groups is 2. The van der Waals surface area contributed by atoms with Gasteiger partial charge in [0.1, 0.15) is 5.78 Å². The summed E-state index contributed by atoms with van der Waals surface area (Å²) in [4.78, 5) is 24.1. The Morgan fingerprint density at radius 1 is 1.10 bits per heavy atom. The van der Waals surface area contributed by atoms with Gasteiger partial charge in [-0.3, -0.25) is 9.59 Å². The van der Waals surface area contributed by atoms with E-state index in [0.29, 0.717) is 29.3 Å². The second-order valence-corrected chi connectivity index (χ2v) is 8.24. The maximum atomic E-state index is 12.4. The van der Waals surface area contributed by atoms with Gasteiger partial charge in [-0.05, 0) is 67.8 Å². The van der Waals surface area contributed by atoms with Crippen LogP contribution in [0.2, 0.25) is 0 Å². The second-order valence-electron chi connectivity index (χ2n) is 8.24. The Kier molecular flexibility index (Phi) is 2.96. The van der Waals surface area contributed by atoms with Crippen molar-refractivity contribution in [3.8, 4) is 0 Å². The van der Waals surface area contributed by atoms with Crippen molar-refractivity contribution in [3.63, 3.8) is 0 Å². The largest absolute Gasteiger partial charge is 0.299 e. The zero-order chi connectivity index (χ0) is 14.8. The molecule has 0 heterocycles. The van der Waals surface area contributed by atoms with Crippen LogP contribution < -0.4 is 0 Å². The lowest BCUT2D eigenvalue weighted by molar-refractivity contribution is -0.131. The smallest absolute Gasteiger partial charge is 0.155 e. The van der Waals surface area contributed by atoms with E-state index < -0.39 is 0 Å². The van der Waals surface area contributed by atoms with Crippen molar-refractivity contribution in [2.45, 2.75) is 58.8 Å². The van der Waals surface area contributed by atoms with E-state index in [0.717, 1.165) is 43.9 Å². The van der Waals surface area contributed by atoms with E-state index in [-0.39, 0.29) is 5.41 Å². The average molecular weight is 286 g/mol. The third-order valence-corrected chi connectivity index (χ3v) is 7.37. The fraction of sp³-hybridized carbons (Fsp3) is 0.789. The maximum absolute atomic E-state index is 12.4. The molecule has 6 atom stereocenters. The Bertz CT molecular complexity index is 532. The zero-order valence-corrected chi connectivity index (χ0v) is 13.2. The number of carbonyl (C=O) groups excluding carboxylic acids is 2. The molecule has 0 aromatic heterocycles. The summed E-state index contributed by atoms with van der Waals surface area (Å²) in [6, 6.07) is 0. The molecule has 21 heavy (non-hydrogen) atoms. The van der Waals surface area contributed by atoms with Crippen LogP contribution in [0.5, 0.6) is 0 Å². The number of allylic oxidation sites excluding steroid dienone is 1. The Morgan fingerprint density at radius 3 is 2.71 bits per heavy atom. The van der Waals surface area contributed by atoms with Crippen molar-refractivity contribution < 1.29 is 9.59 Å². The Balaban J connectivity index is 1.68. The first-order valence-corrected chi connectivity index (χ1v) is 8.78. The molecule has 0 N–H and O–H groups in total. The molecule has 114 valence electrons. The highest BCUT2D eigenvalue weighted by Crippen LogP contribution is 2.61. The predicted octanol–water partition coefficient (Wildman–Crippen LogP) is 3.94. The minimum Gasteiger partial charge on any atom is -0.299 e. The molecular formula is C19H26O2. The van der Waals surface area contributed by atoms with E-state index in [4.69, 9.17) is 0 Å². The molecule has 3 saturated carbocycles. The summed E-state index contributed by atoms with van der Waals surface area (Å²) in [5, 5.41) is 0. The standard InChI is InChI=1S/C19H26O2/c1-11-9-16-14(13-4-3-12(20)10-15(11)13)7-8-19(2)17(16)5-6-18(19)21/h10-11,13-14,16-17H,3-9H2,1-2H3/t11-,13+,14-,16+,17-,19-/m0/s1. The van der Waals surface area contributed by atoms with Gasteiger partial charge < -0.3 is 0 Å². The van der Waals surface area contributed by atoms with E-state index in [9.17, 15) is 9.59 Å². The molecule has 0 aromatic rings. The Labute approximate surface area is 127 Å². The minimum absolute atomic E-state index is 0.0212. The number of hydrogen-bond acceptors (Lipinski definition) is 2. The van der Waals surface area contributed by atoms with Gasteiger partial charge in [0.05, 0.1) is 0 Å². The topological polar surface area (TPSA) is 34.1 Å². The number of rotatable bonds is 0. The van der Waals surface area contributed by atoms with Gasteiger partial charge in [-0.15, -0.1) is 0 Å². The third kappa shape index (κ3) is 1.83. The highest BCUT2D eigenvalue weighted by Gasteiger charge is 2.56. The first-order chi connectivity index (χ1) is 10.0. The molecule has 0 amide bonds. The first-order valence-electron chi connectivity index (χ1n) is 8.78. The first kappa shape index (κ1) is 13.7. The lowest BCUT2D eigenvalue weighted by Gasteiger charge is -2.53. The molecule has 0 spiro atoms. The van der Waals surface area contributed by atoms with Gasteiger partial charge in [0.2, 0.25) is 0 Å². The van der Waals surface area contributed by atoms with Crippen molar-refractivity contribution in [1.82, 2.24) is 0 Å². The van der Waals surface area contributed by atoms with Gasteiger partial charge in [0.25, 0.3) is 0 Å². The summed E-state index contributed by atoms with van der Waals surface area (Å²) >= 11 is 0. The van der Waals surface area contributed by atoms with E-state index in [2.05, 4.69) is 13.8 Å². The molecule has 0 aliphatic heterocycles. The second kappa shape index (κ2) is 4.54. The van der Waals surface area contributed by atoms with Crippen LogP contribution in [0.3, 0.4) is 0 Å². The van der Waals surface area contributed by atoms with Crippen LogP contribution in [0.15, 0.2) is 11.6 Å². The van der Waals surface area contributed by atoms with Gasteiger partial charge in [-0.2, -0.15) is 0 Å². The third-order valence-electron chi connectivity index (χ3n) is 7.37. The van der Waals surface area contributed by atoms with Crippen LogP contribution in [0.1, 0.15) is 58.8 Å². The van der Waals surface area contributed by atoms with E-state index in [1.807, 2.05) is 6.08 Å².